The highest BCUT2D eigenvalue weighted by molar-refractivity contribution is 5.84. The second kappa shape index (κ2) is 16.3. The number of imidazole rings is 1. The first-order valence-electron chi connectivity index (χ1n) is 17.4. The summed E-state index contributed by atoms with van der Waals surface area (Å²) in [5.41, 5.74) is 5.62. The Bertz CT molecular complexity index is 2240. The number of amides is 2. The lowest BCUT2D eigenvalue weighted by atomic mass is 9.98. The van der Waals surface area contributed by atoms with Crippen molar-refractivity contribution in [2.24, 2.45) is 0 Å². The molecule has 0 aliphatic heterocycles. The van der Waals surface area contributed by atoms with Crippen molar-refractivity contribution in [1.82, 2.24) is 29.7 Å². The van der Waals surface area contributed by atoms with Gasteiger partial charge in [-0.3, -0.25) is 24.8 Å². The summed E-state index contributed by atoms with van der Waals surface area (Å²) in [5.74, 6) is -1.27. The summed E-state index contributed by atoms with van der Waals surface area (Å²) in [7, 11) is 0. The van der Waals surface area contributed by atoms with Crippen LogP contribution in [-0.4, -0.2) is 80.5 Å². The number of nitrogens with one attached hydrogen (secondary N) is 3. The van der Waals surface area contributed by atoms with Crippen molar-refractivity contribution < 1.29 is 29.0 Å². The van der Waals surface area contributed by atoms with Gasteiger partial charge >= 0.3 is 18.2 Å². The number of carbonyl (C=O) groups is 3. The Morgan fingerprint density at radius 1 is 0.833 bits per heavy atom. The molecule has 2 aromatic heterocycles. The molecule has 7 rings (SSSR count). The number of aliphatic carboxylic acids is 1. The highest BCUT2D eigenvalue weighted by Gasteiger charge is 2.29. The molecule has 14 nitrogen and oxygen atoms in total. The Kier molecular flexibility index (Phi) is 10.7. The van der Waals surface area contributed by atoms with Gasteiger partial charge in [0.1, 0.15) is 6.61 Å². The van der Waals surface area contributed by atoms with Crippen LogP contribution in [0.2, 0.25) is 0 Å². The van der Waals surface area contributed by atoms with E-state index < -0.39 is 29.8 Å². The van der Waals surface area contributed by atoms with Gasteiger partial charge in [0, 0.05) is 32.1 Å². The molecule has 6 aromatic rings. The number of nitrogens with zero attached hydrogens (tertiary/aromatic N) is 4. The molecule has 0 unspecified atom stereocenters. The number of anilines is 1. The zero-order valence-electron chi connectivity index (χ0n) is 29.1. The fraction of sp³-hybridized carbons (Fsp3) is 0.200. The highest BCUT2D eigenvalue weighted by Crippen LogP contribution is 2.44. The maximum Gasteiger partial charge on any atom is 0.414 e. The molecule has 274 valence electrons. The lowest BCUT2D eigenvalue weighted by molar-refractivity contribution is -0.138. The topological polar surface area (TPSA) is 181 Å². The van der Waals surface area contributed by atoms with E-state index in [0.29, 0.717) is 0 Å². The lowest BCUT2D eigenvalue weighted by Crippen LogP contribution is -2.39. The number of rotatable bonds is 14. The molecule has 0 atom stereocenters. The second-order valence-electron chi connectivity index (χ2n) is 12.7. The van der Waals surface area contributed by atoms with E-state index in [1.165, 1.54) is 6.33 Å². The van der Waals surface area contributed by atoms with Gasteiger partial charge in [0.15, 0.2) is 17.3 Å². The number of aromatic nitrogens is 4. The molecule has 14 heteroatoms. The van der Waals surface area contributed by atoms with Crippen molar-refractivity contribution in [2.75, 3.05) is 38.1 Å². The van der Waals surface area contributed by atoms with Crippen LogP contribution in [0.5, 0.6) is 0 Å². The number of carboxylic acids is 1. The number of carboxylic acid groups (broad SMARTS) is 1. The van der Waals surface area contributed by atoms with Gasteiger partial charge in [0.2, 0.25) is 5.95 Å². The van der Waals surface area contributed by atoms with Gasteiger partial charge in [-0.25, -0.2) is 14.6 Å². The Morgan fingerprint density at radius 2 is 1.44 bits per heavy atom. The summed E-state index contributed by atoms with van der Waals surface area (Å²) in [6.07, 6.45) is -0.734. The Morgan fingerprint density at radius 3 is 2.07 bits per heavy atom. The van der Waals surface area contributed by atoms with E-state index in [1.54, 1.807) is 9.47 Å². The number of hydrogen-bond acceptors (Lipinski definition) is 9. The summed E-state index contributed by atoms with van der Waals surface area (Å²) in [4.78, 5) is 63.1. The van der Waals surface area contributed by atoms with Gasteiger partial charge in [-0.05, 0) is 33.4 Å². The first-order valence-corrected chi connectivity index (χ1v) is 17.4. The van der Waals surface area contributed by atoms with E-state index in [0.717, 1.165) is 33.4 Å². The van der Waals surface area contributed by atoms with Gasteiger partial charge in [-0.1, -0.05) is 109 Å². The molecule has 1 aliphatic carbocycles. The minimum Gasteiger partial charge on any atom is -0.480 e. The number of carbonyl (C=O) groups excluding carboxylic acids is 2. The van der Waals surface area contributed by atoms with Crippen LogP contribution in [0.4, 0.5) is 15.5 Å². The van der Waals surface area contributed by atoms with Crippen molar-refractivity contribution in [1.29, 1.82) is 0 Å². The summed E-state index contributed by atoms with van der Waals surface area (Å²) in [5, 5.41) is 14.8. The van der Waals surface area contributed by atoms with Crippen LogP contribution in [0.3, 0.4) is 0 Å². The average molecular weight is 728 g/mol. The summed E-state index contributed by atoms with van der Waals surface area (Å²) in [6.45, 7) is 0.636. The fourth-order valence-corrected chi connectivity index (χ4v) is 6.67. The van der Waals surface area contributed by atoms with Gasteiger partial charge in [-0.15, -0.1) is 0 Å². The largest absolute Gasteiger partial charge is 0.480 e. The molecule has 54 heavy (non-hydrogen) atoms. The number of H-pyrrole nitrogens is 1. The van der Waals surface area contributed by atoms with E-state index >= 15 is 0 Å². The molecule has 4 N–H and O–H groups in total. The molecule has 0 fully saturated rings. The third-order valence-corrected chi connectivity index (χ3v) is 9.18. The Hall–Kier alpha value is -6.80. The van der Waals surface area contributed by atoms with Crippen LogP contribution in [0.25, 0.3) is 22.3 Å². The van der Waals surface area contributed by atoms with Crippen molar-refractivity contribution >= 4 is 35.3 Å². The van der Waals surface area contributed by atoms with E-state index in [1.807, 2.05) is 97.1 Å². The van der Waals surface area contributed by atoms with Gasteiger partial charge in [-0.2, -0.15) is 4.98 Å². The zero-order valence-corrected chi connectivity index (χ0v) is 29.1. The average Bonchev–Trinajstić information content (AvgIpc) is 3.74. The van der Waals surface area contributed by atoms with Crippen molar-refractivity contribution in [3.05, 3.63) is 148 Å². The van der Waals surface area contributed by atoms with E-state index in [4.69, 9.17) is 9.47 Å². The fourth-order valence-electron chi connectivity index (χ4n) is 6.67. The standard InChI is InChI=1S/C40H37N7O7/c48-33(49)23-46(20-19-41-39(51)53-24-32-30-17-9-7-15-28(30)29-16-8-10-18-31(29)32)21-22-47-25-42-34-36(47)43-38(44-37(34)50)45-40(52)54-35(26-11-3-1-4-12-26)27-13-5-2-6-14-27/h1-18,25,32,35H,19-24H2,(H,41,51)(H,48,49)(H2,43,44,45,50,52). The van der Waals surface area contributed by atoms with Crippen molar-refractivity contribution in [3.8, 4) is 11.1 Å². The number of benzene rings is 4. The molecular formula is C40H37N7O7. The number of fused-ring (bicyclic) bond motifs is 4. The third kappa shape index (κ3) is 8.13. The van der Waals surface area contributed by atoms with Gasteiger partial charge < -0.3 is 24.5 Å². The molecular weight excluding hydrogens is 690 g/mol. The lowest BCUT2D eigenvalue weighted by Gasteiger charge is -2.21. The molecule has 2 heterocycles. The van der Waals surface area contributed by atoms with E-state index in [9.17, 15) is 24.3 Å². The highest BCUT2D eigenvalue weighted by atomic mass is 16.6. The van der Waals surface area contributed by atoms with E-state index in [2.05, 4.69) is 37.7 Å². The summed E-state index contributed by atoms with van der Waals surface area (Å²) in [6, 6.07) is 34.6. The Balaban J connectivity index is 0.954. The quantitative estimate of drug-likeness (QED) is 0.114. The minimum absolute atomic E-state index is 0.0436. The first-order chi connectivity index (χ1) is 26.3. The summed E-state index contributed by atoms with van der Waals surface area (Å²) < 4.78 is 13.0. The Labute approximate surface area is 309 Å². The molecule has 2 amide bonds. The van der Waals surface area contributed by atoms with Gasteiger partial charge in [0.05, 0.1) is 12.9 Å². The molecule has 0 bridgehead atoms. The number of alkyl carbamates (subject to hydrolysis) is 1. The van der Waals surface area contributed by atoms with Crippen LogP contribution in [0, 0.1) is 0 Å². The maximum absolute atomic E-state index is 13.1. The number of aromatic amines is 1. The summed E-state index contributed by atoms with van der Waals surface area (Å²) >= 11 is 0. The monoisotopic (exact) mass is 727 g/mol. The predicted molar refractivity (Wildman–Crippen MR) is 200 cm³/mol. The van der Waals surface area contributed by atoms with Crippen molar-refractivity contribution in [2.45, 2.75) is 18.6 Å². The predicted octanol–water partition coefficient (Wildman–Crippen LogP) is 5.38. The third-order valence-electron chi connectivity index (χ3n) is 9.18. The normalized spacial score (nSPS) is 12.0. The van der Waals surface area contributed by atoms with E-state index in [-0.39, 0.29) is 62.4 Å². The zero-order chi connectivity index (χ0) is 37.4. The molecule has 0 saturated heterocycles. The second-order valence-corrected chi connectivity index (χ2v) is 12.7. The number of ether oxygens (including phenoxy) is 2. The SMILES string of the molecule is O=C(O)CN(CCNC(=O)OCC1c2ccccc2-c2ccccc21)CCn1cnc2c(=O)[nH]c(NC(=O)OC(c3ccccc3)c3ccccc3)nc21. The van der Waals surface area contributed by atoms with Gasteiger partial charge in [0.25, 0.3) is 5.56 Å². The molecule has 1 aliphatic rings. The molecule has 0 saturated carbocycles. The van der Waals surface area contributed by atoms with Crippen LogP contribution in [0.15, 0.2) is 120 Å². The first kappa shape index (κ1) is 35.6. The van der Waals surface area contributed by atoms with Crippen LogP contribution in [-0.2, 0) is 20.8 Å². The van der Waals surface area contributed by atoms with Crippen LogP contribution < -0.4 is 16.2 Å². The van der Waals surface area contributed by atoms with Crippen LogP contribution in [0.1, 0.15) is 34.3 Å². The number of hydrogen-bond donors (Lipinski definition) is 4. The van der Waals surface area contributed by atoms with Crippen molar-refractivity contribution in [3.63, 3.8) is 0 Å². The minimum atomic E-state index is -1.05. The maximum atomic E-state index is 13.1. The molecule has 0 radical (unpaired) electrons. The molecule has 0 spiro atoms. The molecule has 4 aromatic carbocycles. The smallest absolute Gasteiger partial charge is 0.414 e. The van der Waals surface area contributed by atoms with Crippen LogP contribution >= 0.6 is 0 Å².